The zero-order valence-electron chi connectivity index (χ0n) is 18.0. The summed E-state index contributed by atoms with van der Waals surface area (Å²) in [5, 5.41) is 0.566. The molecule has 174 valence electrons. The molecule has 8 nitrogen and oxygen atoms in total. The van der Waals surface area contributed by atoms with Gasteiger partial charge < -0.3 is 13.9 Å². The van der Waals surface area contributed by atoms with E-state index in [9.17, 15) is 19.2 Å². The molecular weight excluding hydrogens is 474 g/mol. The number of rotatable bonds is 6. The van der Waals surface area contributed by atoms with Gasteiger partial charge in [0.2, 0.25) is 11.2 Å². The summed E-state index contributed by atoms with van der Waals surface area (Å²) in [5.74, 6) is -1.13. The summed E-state index contributed by atoms with van der Waals surface area (Å²) in [5.41, 5.74) is 0.392. The Bertz CT molecular complexity index is 1520. The van der Waals surface area contributed by atoms with Crippen LogP contribution in [-0.4, -0.2) is 29.2 Å². The van der Waals surface area contributed by atoms with Crippen molar-refractivity contribution in [2.75, 3.05) is 6.54 Å². The maximum absolute atomic E-state index is 12.8. The van der Waals surface area contributed by atoms with E-state index in [0.717, 1.165) is 11.2 Å². The van der Waals surface area contributed by atoms with Crippen LogP contribution in [0.5, 0.6) is 17.2 Å². The zero-order chi connectivity index (χ0) is 24.5. The molecule has 0 unspecified atom stereocenters. The number of carbonyl (C=O) groups is 3. The van der Waals surface area contributed by atoms with Crippen LogP contribution in [0.1, 0.15) is 27.1 Å². The smallest absolute Gasteiger partial charge is 0.313 e. The average molecular weight is 490 g/mol. The predicted molar refractivity (Wildman–Crippen MR) is 126 cm³/mol. The highest BCUT2D eigenvalue weighted by atomic mass is 35.5. The van der Waals surface area contributed by atoms with Crippen molar-refractivity contribution >= 4 is 40.4 Å². The van der Waals surface area contributed by atoms with E-state index in [1.165, 1.54) is 18.2 Å². The normalized spacial score (nSPS) is 12.7. The Morgan fingerprint density at radius 2 is 1.57 bits per heavy atom. The molecule has 0 bridgehead atoms. The van der Waals surface area contributed by atoms with Gasteiger partial charge in [0.05, 0.1) is 28.0 Å². The van der Waals surface area contributed by atoms with Gasteiger partial charge in [0.1, 0.15) is 23.3 Å². The largest absolute Gasteiger partial charge is 0.460 e. The van der Waals surface area contributed by atoms with Crippen LogP contribution in [0.3, 0.4) is 0 Å². The highest BCUT2D eigenvalue weighted by Crippen LogP contribution is 2.29. The standard InChI is InChI=1S/C26H16ClNO7/c27-19-7-3-4-8-20(19)35-22-14-33-21-13-15(9-10-18(21)24(22)30)34-23(29)11-12-28-25(31)16-5-1-2-6-17(16)26(28)32/h1-10,13-14H,11-12H2. The molecule has 35 heavy (non-hydrogen) atoms. The number of ether oxygens (including phenoxy) is 2. The molecule has 2 amide bonds. The van der Waals surface area contributed by atoms with Crippen molar-refractivity contribution in [2.24, 2.45) is 0 Å². The first kappa shape index (κ1) is 22.4. The van der Waals surface area contributed by atoms with E-state index in [-0.39, 0.29) is 35.4 Å². The minimum absolute atomic E-state index is 0.0451. The minimum atomic E-state index is -0.651. The van der Waals surface area contributed by atoms with Crippen LogP contribution >= 0.6 is 11.6 Å². The van der Waals surface area contributed by atoms with Crippen LogP contribution in [0, 0.1) is 0 Å². The Morgan fingerprint density at radius 3 is 2.29 bits per heavy atom. The maximum Gasteiger partial charge on any atom is 0.313 e. The lowest BCUT2D eigenvalue weighted by atomic mass is 10.1. The number of benzene rings is 3. The molecule has 0 aliphatic carbocycles. The SMILES string of the molecule is O=C(CCN1C(=O)c2ccccc2C1=O)Oc1ccc2c(=O)c(Oc3ccccc3Cl)coc2c1. The number of halogens is 1. The third-order valence-electron chi connectivity index (χ3n) is 5.42. The van der Waals surface area contributed by atoms with Gasteiger partial charge in [-0.05, 0) is 36.4 Å². The molecule has 2 heterocycles. The van der Waals surface area contributed by atoms with Gasteiger partial charge in [-0.1, -0.05) is 35.9 Å². The van der Waals surface area contributed by atoms with Crippen LogP contribution in [0.15, 0.2) is 82.2 Å². The van der Waals surface area contributed by atoms with Gasteiger partial charge in [-0.3, -0.25) is 24.1 Å². The molecule has 0 saturated carbocycles. The number of esters is 1. The second-order valence-electron chi connectivity index (χ2n) is 7.65. The molecule has 5 rings (SSSR count). The number of nitrogens with zero attached hydrogens (tertiary/aromatic N) is 1. The second kappa shape index (κ2) is 9.08. The molecule has 0 atom stereocenters. The number of hydrogen-bond acceptors (Lipinski definition) is 7. The van der Waals surface area contributed by atoms with Crippen LogP contribution < -0.4 is 14.9 Å². The van der Waals surface area contributed by atoms with Crippen LogP contribution in [-0.2, 0) is 4.79 Å². The Labute approximate surface area is 203 Å². The lowest BCUT2D eigenvalue weighted by Crippen LogP contribution is -2.32. The number of imide groups is 1. The first-order valence-electron chi connectivity index (χ1n) is 10.6. The van der Waals surface area contributed by atoms with Gasteiger partial charge in [0, 0.05) is 12.6 Å². The fraction of sp³-hybridized carbons (Fsp3) is 0.0769. The van der Waals surface area contributed by atoms with Gasteiger partial charge in [-0.25, -0.2) is 0 Å². The summed E-state index contributed by atoms with van der Waals surface area (Å²) < 4.78 is 16.4. The zero-order valence-corrected chi connectivity index (χ0v) is 18.8. The monoisotopic (exact) mass is 489 g/mol. The topological polar surface area (TPSA) is 103 Å². The Hall–Kier alpha value is -4.43. The molecular formula is C26H16ClNO7. The molecule has 9 heteroatoms. The highest BCUT2D eigenvalue weighted by molar-refractivity contribution is 6.32. The second-order valence-corrected chi connectivity index (χ2v) is 8.06. The van der Waals surface area contributed by atoms with Gasteiger partial charge in [0.25, 0.3) is 11.8 Å². The van der Waals surface area contributed by atoms with E-state index in [1.54, 1.807) is 48.5 Å². The van der Waals surface area contributed by atoms with Crippen LogP contribution in [0.4, 0.5) is 0 Å². The summed E-state index contributed by atoms with van der Waals surface area (Å²) in [6, 6.07) is 17.5. The molecule has 1 aliphatic rings. The highest BCUT2D eigenvalue weighted by Gasteiger charge is 2.35. The Kier molecular flexibility index (Phi) is 5.80. The quantitative estimate of drug-likeness (QED) is 0.217. The van der Waals surface area contributed by atoms with Crippen molar-refractivity contribution in [3.8, 4) is 17.2 Å². The predicted octanol–water partition coefficient (Wildman–Crippen LogP) is 4.83. The lowest BCUT2D eigenvalue weighted by molar-refractivity contribution is -0.134. The molecule has 1 aliphatic heterocycles. The Morgan fingerprint density at radius 1 is 0.886 bits per heavy atom. The summed E-state index contributed by atoms with van der Waals surface area (Å²) in [6.07, 6.45) is 0.958. The molecule has 0 saturated heterocycles. The van der Waals surface area contributed by atoms with E-state index in [0.29, 0.717) is 21.9 Å². The van der Waals surface area contributed by atoms with Gasteiger partial charge in [-0.15, -0.1) is 0 Å². The van der Waals surface area contributed by atoms with Crippen molar-refractivity contribution < 1.29 is 28.3 Å². The Balaban J connectivity index is 1.26. The third kappa shape index (κ3) is 4.27. The first-order valence-corrected chi connectivity index (χ1v) is 10.9. The first-order chi connectivity index (χ1) is 16.9. The van der Waals surface area contributed by atoms with Crippen molar-refractivity contribution in [3.63, 3.8) is 0 Å². The number of para-hydroxylation sites is 1. The number of amides is 2. The third-order valence-corrected chi connectivity index (χ3v) is 5.73. The molecule has 0 fully saturated rings. The summed E-state index contributed by atoms with van der Waals surface area (Å²) in [4.78, 5) is 51.0. The van der Waals surface area contributed by atoms with E-state index in [2.05, 4.69) is 0 Å². The fourth-order valence-corrected chi connectivity index (χ4v) is 3.87. The number of carbonyl (C=O) groups excluding carboxylic acids is 3. The summed E-state index contributed by atoms with van der Waals surface area (Å²) in [7, 11) is 0. The van der Waals surface area contributed by atoms with E-state index in [1.807, 2.05) is 0 Å². The molecule has 0 N–H and O–H groups in total. The van der Waals surface area contributed by atoms with Crippen LogP contribution in [0.25, 0.3) is 11.0 Å². The summed E-state index contributed by atoms with van der Waals surface area (Å²) in [6.45, 7) is -0.114. The molecule has 1 aromatic heterocycles. The van der Waals surface area contributed by atoms with Gasteiger partial charge in [0.15, 0.2) is 0 Å². The van der Waals surface area contributed by atoms with Gasteiger partial charge in [-0.2, -0.15) is 0 Å². The van der Waals surface area contributed by atoms with E-state index < -0.39 is 23.2 Å². The molecule has 0 radical (unpaired) electrons. The summed E-state index contributed by atoms with van der Waals surface area (Å²) >= 11 is 6.07. The molecule has 3 aromatic carbocycles. The van der Waals surface area contributed by atoms with Crippen molar-refractivity contribution in [1.29, 1.82) is 0 Å². The number of hydrogen-bond donors (Lipinski definition) is 0. The maximum atomic E-state index is 12.8. The fourth-order valence-electron chi connectivity index (χ4n) is 3.70. The van der Waals surface area contributed by atoms with Gasteiger partial charge >= 0.3 is 5.97 Å². The lowest BCUT2D eigenvalue weighted by Gasteiger charge is -2.13. The average Bonchev–Trinajstić information content (AvgIpc) is 3.10. The van der Waals surface area contributed by atoms with Crippen molar-refractivity contribution in [1.82, 2.24) is 4.90 Å². The minimum Gasteiger partial charge on any atom is -0.460 e. The number of fused-ring (bicyclic) bond motifs is 2. The van der Waals surface area contributed by atoms with E-state index in [4.69, 9.17) is 25.5 Å². The van der Waals surface area contributed by atoms with Crippen LogP contribution in [0.2, 0.25) is 5.02 Å². The van der Waals surface area contributed by atoms with Crippen molar-refractivity contribution in [3.05, 3.63) is 99.4 Å². The van der Waals surface area contributed by atoms with E-state index >= 15 is 0 Å². The molecule has 4 aromatic rings. The molecule has 0 spiro atoms. The van der Waals surface area contributed by atoms with Crippen molar-refractivity contribution in [2.45, 2.75) is 6.42 Å².